The Balaban J connectivity index is 2.98. The minimum atomic E-state index is -0.135. The van der Waals surface area contributed by atoms with Gasteiger partial charge in [0.05, 0.1) is 0 Å². The molecule has 3 N–H and O–H groups in total. The van der Waals surface area contributed by atoms with Gasteiger partial charge in [-0.2, -0.15) is 0 Å². The number of rotatable bonds is 4. The number of nitrogens with two attached hydrogens (primary N) is 1. The van der Waals surface area contributed by atoms with Crippen LogP contribution >= 0.6 is 0 Å². The van der Waals surface area contributed by atoms with Crippen molar-refractivity contribution in [1.29, 1.82) is 0 Å². The Labute approximate surface area is 105 Å². The van der Waals surface area contributed by atoms with E-state index in [1.165, 1.54) is 18.4 Å². The van der Waals surface area contributed by atoms with Crippen molar-refractivity contribution < 1.29 is 5.11 Å². The minimum absolute atomic E-state index is 0.0408. The van der Waals surface area contributed by atoms with Crippen molar-refractivity contribution in [1.82, 2.24) is 0 Å². The molecule has 1 atom stereocenters. The number of hydrogen-bond donors (Lipinski definition) is 2. The van der Waals surface area contributed by atoms with Crippen LogP contribution in [0.25, 0.3) is 0 Å². The van der Waals surface area contributed by atoms with Crippen molar-refractivity contribution in [3.05, 3.63) is 29.3 Å². The van der Waals surface area contributed by atoms with Gasteiger partial charge < -0.3 is 10.8 Å². The van der Waals surface area contributed by atoms with Crippen LogP contribution in [-0.4, -0.2) is 5.11 Å². The molecule has 0 spiro atoms. The Morgan fingerprint density at radius 1 is 1.29 bits per heavy atom. The van der Waals surface area contributed by atoms with Gasteiger partial charge in [0.1, 0.15) is 5.75 Å². The molecule has 0 fully saturated rings. The van der Waals surface area contributed by atoms with Gasteiger partial charge in [0.25, 0.3) is 0 Å². The quantitative estimate of drug-likeness (QED) is 0.834. The van der Waals surface area contributed by atoms with E-state index in [0.717, 1.165) is 12.0 Å². The molecule has 0 bridgehead atoms. The summed E-state index contributed by atoms with van der Waals surface area (Å²) in [6, 6.07) is 5.68. The molecule has 1 aromatic carbocycles. The normalized spacial score (nSPS) is 13.7. The Morgan fingerprint density at radius 3 is 2.47 bits per heavy atom. The molecule has 0 aliphatic rings. The third-order valence-electron chi connectivity index (χ3n) is 3.18. The van der Waals surface area contributed by atoms with Crippen LogP contribution in [0, 0.1) is 5.41 Å². The number of phenols is 1. The van der Waals surface area contributed by atoms with E-state index in [4.69, 9.17) is 5.73 Å². The highest BCUT2D eigenvalue weighted by Crippen LogP contribution is 2.35. The van der Waals surface area contributed by atoms with Crippen LogP contribution in [0.1, 0.15) is 57.7 Å². The average molecular weight is 235 g/mol. The van der Waals surface area contributed by atoms with Gasteiger partial charge in [0, 0.05) is 11.6 Å². The van der Waals surface area contributed by atoms with Crippen molar-refractivity contribution in [2.24, 2.45) is 11.1 Å². The van der Waals surface area contributed by atoms with Crippen molar-refractivity contribution in [3.63, 3.8) is 0 Å². The van der Waals surface area contributed by atoms with Crippen molar-refractivity contribution >= 4 is 0 Å². The van der Waals surface area contributed by atoms with Crippen molar-refractivity contribution in [3.8, 4) is 5.75 Å². The molecule has 0 aliphatic carbocycles. The molecule has 1 aromatic rings. The summed E-state index contributed by atoms with van der Waals surface area (Å²) in [4.78, 5) is 0. The molecule has 0 heterocycles. The summed E-state index contributed by atoms with van der Waals surface area (Å²) in [6.07, 6.45) is 3.41. The predicted octanol–water partition coefficient (Wildman–Crippen LogP) is 3.78. The topological polar surface area (TPSA) is 46.2 Å². The Bertz CT molecular complexity index is 366. The maximum Gasteiger partial charge on any atom is 0.120 e. The smallest absolute Gasteiger partial charge is 0.120 e. The van der Waals surface area contributed by atoms with E-state index in [2.05, 4.69) is 33.8 Å². The second kappa shape index (κ2) is 5.54. The predicted molar refractivity (Wildman–Crippen MR) is 73.1 cm³/mol. The van der Waals surface area contributed by atoms with Crippen LogP contribution in [0.5, 0.6) is 5.75 Å². The highest BCUT2D eigenvalue weighted by Gasteiger charge is 2.24. The maximum atomic E-state index is 9.91. The number of benzene rings is 1. The fraction of sp³-hybridized carbons (Fsp3) is 0.600. The molecule has 0 aliphatic heterocycles. The van der Waals surface area contributed by atoms with Gasteiger partial charge in [0.15, 0.2) is 0 Å². The van der Waals surface area contributed by atoms with Gasteiger partial charge >= 0.3 is 0 Å². The average Bonchev–Trinajstić information content (AvgIpc) is 2.26. The van der Waals surface area contributed by atoms with E-state index in [1.807, 2.05) is 6.07 Å². The first kappa shape index (κ1) is 14.0. The van der Waals surface area contributed by atoms with Gasteiger partial charge in [-0.05, 0) is 29.9 Å². The maximum absolute atomic E-state index is 9.91. The van der Waals surface area contributed by atoms with Crippen molar-refractivity contribution in [2.75, 3.05) is 0 Å². The van der Waals surface area contributed by atoms with Crippen LogP contribution in [0.3, 0.4) is 0 Å². The first-order chi connectivity index (χ1) is 7.86. The Morgan fingerprint density at radius 2 is 1.94 bits per heavy atom. The van der Waals surface area contributed by atoms with E-state index in [9.17, 15) is 5.11 Å². The second-order valence-corrected chi connectivity index (χ2v) is 5.84. The van der Waals surface area contributed by atoms with Crippen molar-refractivity contribution in [2.45, 2.75) is 53.0 Å². The highest BCUT2D eigenvalue weighted by atomic mass is 16.3. The monoisotopic (exact) mass is 235 g/mol. The highest BCUT2D eigenvalue weighted by molar-refractivity contribution is 5.39. The first-order valence-electron chi connectivity index (χ1n) is 6.43. The Hall–Kier alpha value is -1.02. The molecular formula is C15H25NO. The fourth-order valence-corrected chi connectivity index (χ4v) is 1.86. The largest absolute Gasteiger partial charge is 0.508 e. The number of aromatic hydroxyl groups is 1. The molecule has 1 rings (SSSR count). The zero-order valence-corrected chi connectivity index (χ0v) is 11.5. The number of hydrogen-bond acceptors (Lipinski definition) is 2. The molecule has 17 heavy (non-hydrogen) atoms. The molecule has 96 valence electrons. The zero-order valence-electron chi connectivity index (χ0n) is 11.5. The molecule has 0 saturated heterocycles. The number of phenolic OH excluding ortho intramolecular Hbond substituents is 1. The van der Waals surface area contributed by atoms with Crippen LogP contribution in [-0.2, 0) is 6.42 Å². The Kier molecular flexibility index (Phi) is 4.58. The van der Waals surface area contributed by atoms with E-state index in [1.54, 1.807) is 6.07 Å². The molecule has 2 heteroatoms. The summed E-state index contributed by atoms with van der Waals surface area (Å²) < 4.78 is 0. The zero-order chi connectivity index (χ0) is 13.1. The fourth-order valence-electron chi connectivity index (χ4n) is 1.86. The van der Waals surface area contributed by atoms with Crippen LogP contribution < -0.4 is 5.73 Å². The minimum Gasteiger partial charge on any atom is -0.508 e. The van der Waals surface area contributed by atoms with Gasteiger partial charge in [-0.25, -0.2) is 0 Å². The van der Waals surface area contributed by atoms with Gasteiger partial charge in [-0.3, -0.25) is 0 Å². The van der Waals surface area contributed by atoms with Crippen LogP contribution in [0.4, 0.5) is 0 Å². The van der Waals surface area contributed by atoms with E-state index >= 15 is 0 Å². The summed E-state index contributed by atoms with van der Waals surface area (Å²) in [5.41, 5.74) is 8.30. The van der Waals surface area contributed by atoms with E-state index in [0.29, 0.717) is 5.75 Å². The lowest BCUT2D eigenvalue weighted by Crippen LogP contribution is -2.26. The summed E-state index contributed by atoms with van der Waals surface area (Å²) in [7, 11) is 0. The summed E-state index contributed by atoms with van der Waals surface area (Å²) in [5, 5.41) is 9.91. The summed E-state index contributed by atoms with van der Waals surface area (Å²) >= 11 is 0. The molecular weight excluding hydrogens is 210 g/mol. The van der Waals surface area contributed by atoms with Gasteiger partial charge in [0.2, 0.25) is 0 Å². The second-order valence-electron chi connectivity index (χ2n) is 5.84. The van der Waals surface area contributed by atoms with Gasteiger partial charge in [-0.1, -0.05) is 46.2 Å². The molecule has 0 aromatic heterocycles. The SMILES string of the molecule is CCCCc1ccc(O)c(C(N)C(C)(C)C)c1. The third kappa shape index (κ3) is 3.74. The number of unbranched alkanes of at least 4 members (excludes halogenated alkanes) is 1. The van der Waals surface area contributed by atoms with E-state index in [-0.39, 0.29) is 11.5 Å². The molecule has 2 nitrogen and oxygen atoms in total. The summed E-state index contributed by atoms with van der Waals surface area (Å²) in [5.74, 6) is 0.313. The molecule has 1 unspecified atom stereocenters. The number of aryl methyl sites for hydroxylation is 1. The lowest BCUT2D eigenvalue weighted by molar-refractivity contribution is 0.317. The lowest BCUT2D eigenvalue weighted by Gasteiger charge is -2.28. The van der Waals surface area contributed by atoms with Crippen LogP contribution in [0.2, 0.25) is 0 Å². The van der Waals surface area contributed by atoms with Gasteiger partial charge in [-0.15, -0.1) is 0 Å². The summed E-state index contributed by atoms with van der Waals surface area (Å²) in [6.45, 7) is 8.46. The molecule has 0 amide bonds. The van der Waals surface area contributed by atoms with Crippen LogP contribution in [0.15, 0.2) is 18.2 Å². The third-order valence-corrected chi connectivity index (χ3v) is 3.18. The standard InChI is InChI=1S/C15H25NO/c1-5-6-7-11-8-9-13(17)12(10-11)14(16)15(2,3)4/h8-10,14,17H,5-7,16H2,1-4H3. The molecule has 0 radical (unpaired) electrons. The molecule has 0 saturated carbocycles. The lowest BCUT2D eigenvalue weighted by atomic mass is 9.82. The van der Waals surface area contributed by atoms with E-state index < -0.39 is 0 Å². The first-order valence-corrected chi connectivity index (χ1v) is 6.43.